The van der Waals surface area contributed by atoms with Crippen molar-refractivity contribution >= 4 is 6.09 Å². The Kier molecular flexibility index (Phi) is 4.49. The molecular weight excluding hydrogens is 271 g/mol. The summed E-state index contributed by atoms with van der Waals surface area (Å²) in [6, 6.07) is 3.67. The highest BCUT2D eigenvalue weighted by Crippen LogP contribution is 2.30. The number of nitrogens with zero attached hydrogens (tertiary/aromatic N) is 2. The van der Waals surface area contributed by atoms with E-state index >= 15 is 0 Å². The van der Waals surface area contributed by atoms with Crippen LogP contribution in [-0.2, 0) is 11.2 Å². The molecule has 1 saturated heterocycles. The van der Waals surface area contributed by atoms with Crippen molar-refractivity contribution in [3.05, 3.63) is 30.1 Å². The van der Waals surface area contributed by atoms with Crippen molar-refractivity contribution in [2.75, 3.05) is 13.1 Å². The summed E-state index contributed by atoms with van der Waals surface area (Å²) in [5, 5.41) is 0. The second kappa shape index (κ2) is 6.00. The second-order valence-corrected chi connectivity index (χ2v) is 6.65. The van der Waals surface area contributed by atoms with Gasteiger partial charge in [0.05, 0.1) is 0 Å². The van der Waals surface area contributed by atoms with Crippen molar-refractivity contribution in [2.45, 2.75) is 51.3 Å². The number of carbonyl (C=O) groups excluding carboxylic acids is 1. The Labute approximate surface area is 125 Å². The van der Waals surface area contributed by atoms with Gasteiger partial charge in [-0.15, -0.1) is 0 Å². The van der Waals surface area contributed by atoms with E-state index in [1.807, 2.05) is 32.9 Å². The standard InChI is InChI=1S/C16H23FN2O2/c1-15(2,3)21-14(20)19-10-6-16(17,7-11-19)12-13-4-8-18-9-5-13/h4-5,8-9H,6-7,10-12H2,1-3H3. The Balaban J connectivity index is 1.89. The molecule has 0 N–H and O–H groups in total. The van der Waals surface area contributed by atoms with Gasteiger partial charge in [0.25, 0.3) is 0 Å². The third-order valence-corrected chi connectivity index (χ3v) is 3.58. The van der Waals surface area contributed by atoms with Gasteiger partial charge in [0.2, 0.25) is 0 Å². The first-order valence-electron chi connectivity index (χ1n) is 7.33. The molecule has 5 heteroatoms. The van der Waals surface area contributed by atoms with E-state index in [1.165, 1.54) is 0 Å². The van der Waals surface area contributed by atoms with Crippen LogP contribution in [0.5, 0.6) is 0 Å². The zero-order valence-electron chi connectivity index (χ0n) is 12.9. The third-order valence-electron chi connectivity index (χ3n) is 3.58. The minimum absolute atomic E-state index is 0.342. The minimum atomic E-state index is -1.25. The van der Waals surface area contributed by atoms with Gasteiger partial charge < -0.3 is 9.64 Å². The van der Waals surface area contributed by atoms with E-state index in [2.05, 4.69) is 4.98 Å². The lowest BCUT2D eigenvalue weighted by Crippen LogP contribution is -2.47. The average Bonchev–Trinajstić information content (AvgIpc) is 2.38. The van der Waals surface area contributed by atoms with Crippen LogP contribution in [0, 0.1) is 0 Å². The maximum Gasteiger partial charge on any atom is 0.410 e. The van der Waals surface area contributed by atoms with Gasteiger partial charge in [-0.2, -0.15) is 0 Å². The lowest BCUT2D eigenvalue weighted by atomic mass is 9.87. The van der Waals surface area contributed by atoms with Crippen LogP contribution < -0.4 is 0 Å². The summed E-state index contributed by atoms with van der Waals surface area (Å²) in [4.78, 5) is 17.5. The molecule has 2 rings (SSSR count). The molecule has 0 bridgehead atoms. The van der Waals surface area contributed by atoms with Crippen LogP contribution in [0.3, 0.4) is 0 Å². The van der Waals surface area contributed by atoms with E-state index in [4.69, 9.17) is 4.74 Å². The number of alkyl halides is 1. The number of hydrogen-bond donors (Lipinski definition) is 0. The first-order valence-corrected chi connectivity index (χ1v) is 7.33. The van der Waals surface area contributed by atoms with Crippen molar-refractivity contribution in [3.63, 3.8) is 0 Å². The molecule has 4 nitrogen and oxygen atoms in total. The van der Waals surface area contributed by atoms with E-state index in [1.54, 1.807) is 17.3 Å². The summed E-state index contributed by atoms with van der Waals surface area (Å²) in [7, 11) is 0. The summed E-state index contributed by atoms with van der Waals surface area (Å²) in [5.74, 6) is 0. The van der Waals surface area contributed by atoms with E-state index in [-0.39, 0.29) is 6.09 Å². The number of amides is 1. The first-order chi connectivity index (χ1) is 9.77. The van der Waals surface area contributed by atoms with Crippen molar-refractivity contribution in [1.82, 2.24) is 9.88 Å². The van der Waals surface area contributed by atoms with Crippen molar-refractivity contribution in [3.8, 4) is 0 Å². The first kappa shape index (κ1) is 15.7. The lowest BCUT2D eigenvalue weighted by molar-refractivity contribution is 0.00339. The van der Waals surface area contributed by atoms with Gasteiger partial charge in [0, 0.05) is 31.9 Å². The number of hydrogen-bond acceptors (Lipinski definition) is 3. The quantitative estimate of drug-likeness (QED) is 0.840. The van der Waals surface area contributed by atoms with Crippen molar-refractivity contribution < 1.29 is 13.9 Å². The normalized spacial score (nSPS) is 18.4. The Hall–Kier alpha value is -1.65. The number of likely N-dealkylation sites (tertiary alicyclic amines) is 1. The number of piperidine rings is 1. The van der Waals surface area contributed by atoms with Gasteiger partial charge in [-0.05, 0) is 51.3 Å². The molecule has 0 aliphatic carbocycles. The number of ether oxygens (including phenoxy) is 1. The summed E-state index contributed by atoms with van der Waals surface area (Å²) in [6.07, 6.45) is 4.05. The molecule has 0 aromatic carbocycles. The number of aromatic nitrogens is 1. The third kappa shape index (κ3) is 4.69. The molecular formula is C16H23FN2O2. The monoisotopic (exact) mass is 294 g/mol. The van der Waals surface area contributed by atoms with Crippen LogP contribution >= 0.6 is 0 Å². The Morgan fingerprint density at radius 1 is 1.33 bits per heavy atom. The predicted octanol–water partition coefficient (Wildman–Crippen LogP) is 3.36. The number of carbonyl (C=O) groups is 1. The molecule has 0 unspecified atom stereocenters. The summed E-state index contributed by atoms with van der Waals surface area (Å²) in [5.41, 5.74) is -0.823. The second-order valence-electron chi connectivity index (χ2n) is 6.65. The maximum atomic E-state index is 14.8. The highest BCUT2D eigenvalue weighted by atomic mass is 19.1. The molecule has 0 spiro atoms. The molecule has 1 aromatic heterocycles. The van der Waals surface area contributed by atoms with E-state index in [9.17, 15) is 9.18 Å². The average molecular weight is 294 g/mol. The van der Waals surface area contributed by atoms with Crippen LogP contribution in [-0.4, -0.2) is 40.3 Å². The van der Waals surface area contributed by atoms with E-state index in [0.717, 1.165) is 5.56 Å². The lowest BCUT2D eigenvalue weighted by Gasteiger charge is -2.37. The molecule has 1 aliphatic heterocycles. The Morgan fingerprint density at radius 2 is 1.90 bits per heavy atom. The fraction of sp³-hybridized carbons (Fsp3) is 0.625. The van der Waals surface area contributed by atoms with Gasteiger partial charge in [0.1, 0.15) is 11.3 Å². The molecule has 1 fully saturated rings. The van der Waals surface area contributed by atoms with Crippen molar-refractivity contribution in [2.24, 2.45) is 0 Å². The van der Waals surface area contributed by atoms with E-state index in [0.29, 0.717) is 32.4 Å². The SMILES string of the molecule is CC(C)(C)OC(=O)N1CCC(F)(Cc2ccncc2)CC1. The molecule has 1 amide bonds. The minimum Gasteiger partial charge on any atom is -0.444 e. The topological polar surface area (TPSA) is 42.4 Å². The van der Waals surface area contributed by atoms with Crippen LogP contribution in [0.15, 0.2) is 24.5 Å². The Morgan fingerprint density at radius 3 is 2.43 bits per heavy atom. The van der Waals surface area contributed by atoms with Crippen molar-refractivity contribution in [1.29, 1.82) is 0 Å². The van der Waals surface area contributed by atoms with Gasteiger partial charge in [-0.3, -0.25) is 4.98 Å². The summed E-state index contributed by atoms with van der Waals surface area (Å²) >= 11 is 0. The fourth-order valence-electron chi connectivity index (χ4n) is 2.46. The molecule has 0 radical (unpaired) electrons. The molecule has 21 heavy (non-hydrogen) atoms. The summed E-state index contributed by atoms with van der Waals surface area (Å²) in [6.45, 7) is 6.29. The number of halogens is 1. The number of pyridine rings is 1. The zero-order chi connectivity index (χ0) is 15.5. The number of rotatable bonds is 2. The smallest absolute Gasteiger partial charge is 0.410 e. The molecule has 1 aliphatic rings. The maximum absolute atomic E-state index is 14.8. The van der Waals surface area contributed by atoms with Gasteiger partial charge >= 0.3 is 6.09 Å². The Bertz CT molecular complexity index is 477. The van der Waals surface area contributed by atoms with E-state index < -0.39 is 11.3 Å². The van der Waals surface area contributed by atoms with Crippen LogP contribution in [0.25, 0.3) is 0 Å². The van der Waals surface area contributed by atoms with Crippen LogP contribution in [0.4, 0.5) is 9.18 Å². The highest BCUT2D eigenvalue weighted by molar-refractivity contribution is 5.68. The molecule has 0 saturated carbocycles. The highest BCUT2D eigenvalue weighted by Gasteiger charge is 2.37. The molecule has 116 valence electrons. The van der Waals surface area contributed by atoms with Gasteiger partial charge in [-0.1, -0.05) is 0 Å². The van der Waals surface area contributed by atoms with Crippen LogP contribution in [0.1, 0.15) is 39.2 Å². The molecule has 2 heterocycles. The predicted molar refractivity (Wildman–Crippen MR) is 78.8 cm³/mol. The van der Waals surface area contributed by atoms with Gasteiger partial charge in [-0.25, -0.2) is 9.18 Å². The molecule has 1 aromatic rings. The summed E-state index contributed by atoms with van der Waals surface area (Å²) < 4.78 is 20.2. The fourth-order valence-corrected chi connectivity index (χ4v) is 2.46. The van der Waals surface area contributed by atoms with Gasteiger partial charge in [0.15, 0.2) is 0 Å². The largest absolute Gasteiger partial charge is 0.444 e. The molecule has 0 atom stereocenters. The zero-order valence-corrected chi connectivity index (χ0v) is 12.9. The van der Waals surface area contributed by atoms with Crippen LogP contribution in [0.2, 0.25) is 0 Å².